The summed E-state index contributed by atoms with van der Waals surface area (Å²) >= 11 is 2.09. The van der Waals surface area contributed by atoms with Gasteiger partial charge >= 0.3 is 0 Å². The molecular formula is C19H21NS. The van der Waals surface area contributed by atoms with Gasteiger partial charge < -0.3 is 5.32 Å². The monoisotopic (exact) mass is 295 g/mol. The van der Waals surface area contributed by atoms with Crippen LogP contribution in [0.2, 0.25) is 0 Å². The van der Waals surface area contributed by atoms with Crippen molar-refractivity contribution in [2.24, 2.45) is 5.92 Å². The molecule has 2 aliphatic rings. The largest absolute Gasteiger partial charge is 0.313 e. The maximum atomic E-state index is 3.56. The fraction of sp³-hybridized carbons (Fsp3) is 0.368. The van der Waals surface area contributed by atoms with Gasteiger partial charge in [-0.25, -0.2) is 0 Å². The summed E-state index contributed by atoms with van der Waals surface area (Å²) in [7, 11) is 2.11. The lowest BCUT2D eigenvalue weighted by Crippen LogP contribution is -2.24. The average molecular weight is 295 g/mol. The number of nitrogens with one attached hydrogen (secondary N) is 1. The molecule has 2 aromatic carbocycles. The van der Waals surface area contributed by atoms with E-state index >= 15 is 0 Å². The smallest absolute Gasteiger partial charge is 0.0352 e. The Hall–Kier alpha value is -1.25. The first kappa shape index (κ1) is 13.4. The van der Waals surface area contributed by atoms with Gasteiger partial charge in [-0.15, -0.1) is 11.8 Å². The molecule has 0 amide bonds. The van der Waals surface area contributed by atoms with Crippen LogP contribution in [0.1, 0.15) is 29.2 Å². The Bertz CT molecular complexity index is 627. The van der Waals surface area contributed by atoms with E-state index in [0.29, 0.717) is 6.04 Å². The van der Waals surface area contributed by atoms with Gasteiger partial charge in [0.15, 0.2) is 0 Å². The van der Waals surface area contributed by atoms with Crippen LogP contribution in [0, 0.1) is 5.92 Å². The molecule has 4 rings (SSSR count). The minimum Gasteiger partial charge on any atom is -0.313 e. The third-order valence-electron chi connectivity index (χ3n) is 4.93. The van der Waals surface area contributed by atoms with E-state index in [0.717, 1.165) is 11.2 Å². The Morgan fingerprint density at radius 2 is 1.76 bits per heavy atom. The van der Waals surface area contributed by atoms with Crippen molar-refractivity contribution < 1.29 is 0 Å². The molecule has 0 aromatic heterocycles. The van der Waals surface area contributed by atoms with Crippen LogP contribution in [0.4, 0.5) is 0 Å². The molecule has 0 fully saturated rings. The van der Waals surface area contributed by atoms with E-state index in [1.54, 1.807) is 11.1 Å². The Morgan fingerprint density at radius 3 is 2.57 bits per heavy atom. The van der Waals surface area contributed by atoms with Crippen molar-refractivity contribution in [1.29, 1.82) is 0 Å². The van der Waals surface area contributed by atoms with Crippen molar-refractivity contribution in [3.63, 3.8) is 0 Å². The number of benzene rings is 2. The van der Waals surface area contributed by atoms with Gasteiger partial charge in [0.2, 0.25) is 0 Å². The van der Waals surface area contributed by atoms with Crippen LogP contribution in [-0.2, 0) is 12.8 Å². The van der Waals surface area contributed by atoms with Gasteiger partial charge in [0.25, 0.3) is 0 Å². The second-order valence-electron chi connectivity index (χ2n) is 6.22. The van der Waals surface area contributed by atoms with Gasteiger partial charge in [-0.05, 0) is 55.0 Å². The van der Waals surface area contributed by atoms with Crippen LogP contribution in [0.3, 0.4) is 0 Å². The van der Waals surface area contributed by atoms with Crippen molar-refractivity contribution in [2.75, 3.05) is 7.05 Å². The molecule has 3 atom stereocenters. The molecule has 3 unspecified atom stereocenters. The van der Waals surface area contributed by atoms with Crippen LogP contribution in [-0.4, -0.2) is 12.3 Å². The highest BCUT2D eigenvalue weighted by atomic mass is 32.2. The lowest BCUT2D eigenvalue weighted by molar-refractivity contribution is 0.383. The molecule has 108 valence electrons. The van der Waals surface area contributed by atoms with Crippen LogP contribution in [0.25, 0.3) is 0 Å². The summed E-state index contributed by atoms with van der Waals surface area (Å²) in [5, 5.41) is 4.30. The summed E-state index contributed by atoms with van der Waals surface area (Å²) in [6.07, 6.45) is 3.78. The summed E-state index contributed by atoms with van der Waals surface area (Å²) in [4.78, 5) is 1.50. The van der Waals surface area contributed by atoms with Gasteiger partial charge in [0.1, 0.15) is 0 Å². The molecule has 1 heterocycles. The van der Waals surface area contributed by atoms with Crippen molar-refractivity contribution in [1.82, 2.24) is 5.32 Å². The van der Waals surface area contributed by atoms with Gasteiger partial charge in [0, 0.05) is 16.2 Å². The van der Waals surface area contributed by atoms with E-state index in [-0.39, 0.29) is 0 Å². The Balaban J connectivity index is 1.50. The lowest BCUT2D eigenvalue weighted by Gasteiger charge is -2.22. The highest BCUT2D eigenvalue weighted by Crippen LogP contribution is 2.44. The SMILES string of the molecule is CNC1c2ccccc2CC1CC1Cc2ccccc2S1. The first-order chi connectivity index (χ1) is 10.3. The second kappa shape index (κ2) is 5.51. The second-order valence-corrected chi connectivity index (χ2v) is 7.56. The van der Waals surface area contributed by atoms with Gasteiger partial charge in [-0.2, -0.15) is 0 Å². The first-order valence-corrected chi connectivity index (χ1v) is 8.72. The molecule has 1 aliphatic carbocycles. The Kier molecular flexibility index (Phi) is 3.52. The van der Waals surface area contributed by atoms with Crippen LogP contribution < -0.4 is 5.32 Å². The number of hydrogen-bond donors (Lipinski definition) is 1. The fourth-order valence-electron chi connectivity index (χ4n) is 4.01. The van der Waals surface area contributed by atoms with Gasteiger partial charge in [-0.3, -0.25) is 0 Å². The standard InChI is InChI=1S/C19H21NS/c1-20-19-15(10-13-6-2-4-8-17(13)19)12-16-11-14-7-3-5-9-18(14)21-16/h2-9,15-16,19-20H,10-12H2,1H3. The van der Waals surface area contributed by atoms with Crippen molar-refractivity contribution in [3.8, 4) is 0 Å². The third kappa shape index (κ3) is 2.41. The van der Waals surface area contributed by atoms with Gasteiger partial charge in [-0.1, -0.05) is 42.5 Å². The molecule has 21 heavy (non-hydrogen) atoms. The predicted molar refractivity (Wildman–Crippen MR) is 89.8 cm³/mol. The molecule has 1 N–H and O–H groups in total. The van der Waals surface area contributed by atoms with E-state index in [1.807, 2.05) is 0 Å². The van der Waals surface area contributed by atoms with E-state index in [1.165, 1.54) is 29.7 Å². The Labute approximate surface area is 131 Å². The normalized spacial score (nSPS) is 26.6. The maximum Gasteiger partial charge on any atom is 0.0352 e. The van der Waals surface area contributed by atoms with Gasteiger partial charge in [0.05, 0.1) is 0 Å². The minimum absolute atomic E-state index is 0.533. The van der Waals surface area contributed by atoms with E-state index < -0.39 is 0 Å². The number of rotatable bonds is 3. The zero-order valence-corrected chi connectivity index (χ0v) is 13.2. The summed E-state index contributed by atoms with van der Waals surface area (Å²) in [5.74, 6) is 0.735. The zero-order valence-electron chi connectivity index (χ0n) is 12.4. The number of hydrogen-bond acceptors (Lipinski definition) is 2. The maximum absolute atomic E-state index is 3.56. The van der Waals surface area contributed by atoms with Crippen LogP contribution in [0.15, 0.2) is 53.4 Å². The molecule has 1 aliphatic heterocycles. The summed E-state index contributed by atoms with van der Waals surface area (Å²) < 4.78 is 0. The molecule has 0 saturated carbocycles. The number of fused-ring (bicyclic) bond motifs is 2. The number of thioether (sulfide) groups is 1. The minimum atomic E-state index is 0.533. The summed E-state index contributed by atoms with van der Waals surface area (Å²) in [6, 6.07) is 18.4. The van der Waals surface area contributed by atoms with Crippen molar-refractivity contribution >= 4 is 11.8 Å². The van der Waals surface area contributed by atoms with Crippen LogP contribution in [0.5, 0.6) is 0 Å². The highest BCUT2D eigenvalue weighted by Gasteiger charge is 2.34. The predicted octanol–water partition coefficient (Wildman–Crippen LogP) is 4.23. The van der Waals surface area contributed by atoms with Crippen molar-refractivity contribution in [2.45, 2.75) is 35.4 Å². The van der Waals surface area contributed by atoms with Crippen LogP contribution >= 0.6 is 11.8 Å². The van der Waals surface area contributed by atoms with E-state index in [9.17, 15) is 0 Å². The topological polar surface area (TPSA) is 12.0 Å². The molecule has 0 saturated heterocycles. The first-order valence-electron chi connectivity index (χ1n) is 7.85. The molecule has 0 spiro atoms. The molecule has 0 bridgehead atoms. The lowest BCUT2D eigenvalue weighted by atomic mass is 9.93. The van der Waals surface area contributed by atoms with E-state index in [4.69, 9.17) is 0 Å². The fourth-order valence-corrected chi connectivity index (χ4v) is 5.44. The quantitative estimate of drug-likeness (QED) is 0.909. The summed E-state index contributed by atoms with van der Waals surface area (Å²) in [6.45, 7) is 0. The molecular weight excluding hydrogens is 274 g/mol. The average Bonchev–Trinajstić information content (AvgIpc) is 3.06. The molecule has 2 aromatic rings. The molecule has 1 nitrogen and oxygen atoms in total. The molecule has 0 radical (unpaired) electrons. The Morgan fingerprint density at radius 1 is 1.00 bits per heavy atom. The summed E-state index contributed by atoms with van der Waals surface area (Å²) in [5.41, 5.74) is 4.61. The highest BCUT2D eigenvalue weighted by molar-refractivity contribution is 8.00. The molecule has 2 heteroatoms. The zero-order chi connectivity index (χ0) is 14.2. The van der Waals surface area contributed by atoms with Crippen molar-refractivity contribution in [3.05, 3.63) is 65.2 Å². The third-order valence-corrected chi connectivity index (χ3v) is 6.28. The van der Waals surface area contributed by atoms with E-state index in [2.05, 4.69) is 72.7 Å².